The Balaban J connectivity index is 1.55. The van der Waals surface area contributed by atoms with Crippen LogP contribution in [0.25, 0.3) is 16.7 Å². The van der Waals surface area contributed by atoms with Crippen LogP contribution in [0.4, 0.5) is 4.39 Å². The normalized spacial score (nSPS) is 17.2. The molecule has 1 saturated carbocycles. The molecule has 1 aliphatic heterocycles. The summed E-state index contributed by atoms with van der Waals surface area (Å²) in [5, 5.41) is 0. The van der Waals surface area contributed by atoms with E-state index in [0.29, 0.717) is 48.9 Å². The van der Waals surface area contributed by atoms with Gasteiger partial charge in [-0.3, -0.25) is 13.9 Å². The smallest absolute Gasteiger partial charge is 0.332 e. The Morgan fingerprint density at radius 3 is 2.48 bits per heavy atom. The van der Waals surface area contributed by atoms with Gasteiger partial charge in [-0.15, -0.1) is 0 Å². The van der Waals surface area contributed by atoms with Crippen molar-refractivity contribution in [2.24, 2.45) is 0 Å². The maximum absolute atomic E-state index is 14.1. The number of nitrogens with zero attached hydrogens (tertiary/aromatic N) is 4. The van der Waals surface area contributed by atoms with Gasteiger partial charge in [0.2, 0.25) is 0 Å². The standard InChI is InChI=1S/C34H43FN4O5/c1-5-37-32-30(33(40)38(34(37)41)19-9-21-43-29-12-6-7-20-42-29)39(22-25-14-16-26(35)17-15-25)31(36-32)28(23(2)3)18-13-24(4)44-27-10-8-11-27/h13-18,27,29H,4-12,19-22H2,1-3H3/b18-13-. The van der Waals surface area contributed by atoms with E-state index in [-0.39, 0.29) is 31.3 Å². The average molecular weight is 607 g/mol. The van der Waals surface area contributed by atoms with Crippen molar-refractivity contribution in [2.75, 3.05) is 13.2 Å². The predicted octanol–water partition coefficient (Wildman–Crippen LogP) is 5.93. The Morgan fingerprint density at radius 2 is 1.84 bits per heavy atom. The molecule has 1 aromatic carbocycles. The molecule has 1 saturated heterocycles. The van der Waals surface area contributed by atoms with Gasteiger partial charge in [0.1, 0.15) is 17.4 Å². The van der Waals surface area contributed by atoms with Crippen LogP contribution in [-0.4, -0.2) is 44.3 Å². The molecule has 1 unspecified atom stereocenters. The second-order valence-electron chi connectivity index (χ2n) is 11.7. The lowest BCUT2D eigenvalue weighted by Crippen LogP contribution is -2.40. The summed E-state index contributed by atoms with van der Waals surface area (Å²) >= 11 is 0. The summed E-state index contributed by atoms with van der Waals surface area (Å²) in [6.07, 6.45) is 10.3. The fraction of sp³-hybridized carbons (Fsp3) is 0.500. The van der Waals surface area contributed by atoms with E-state index in [4.69, 9.17) is 19.2 Å². The molecule has 10 heteroatoms. The van der Waals surface area contributed by atoms with Crippen LogP contribution in [0, 0.1) is 5.82 Å². The molecule has 236 valence electrons. The van der Waals surface area contributed by atoms with E-state index in [0.717, 1.165) is 55.2 Å². The zero-order valence-corrected chi connectivity index (χ0v) is 26.0. The van der Waals surface area contributed by atoms with Crippen LogP contribution in [-0.2, 0) is 33.8 Å². The summed E-state index contributed by atoms with van der Waals surface area (Å²) in [6, 6.07) is 6.18. The molecule has 0 spiro atoms. The third kappa shape index (κ3) is 7.13. The van der Waals surface area contributed by atoms with Crippen LogP contribution < -0.4 is 11.2 Å². The number of aryl methyl sites for hydroxylation is 1. The molecule has 3 heterocycles. The zero-order chi connectivity index (χ0) is 31.2. The summed E-state index contributed by atoms with van der Waals surface area (Å²) in [6.45, 7) is 11.7. The Morgan fingerprint density at radius 1 is 1.07 bits per heavy atom. The van der Waals surface area contributed by atoms with E-state index in [9.17, 15) is 14.0 Å². The first-order valence-electron chi connectivity index (χ1n) is 15.7. The molecule has 44 heavy (non-hydrogen) atoms. The molecule has 9 nitrogen and oxygen atoms in total. The number of aromatic nitrogens is 4. The van der Waals surface area contributed by atoms with Gasteiger partial charge < -0.3 is 18.8 Å². The van der Waals surface area contributed by atoms with Crippen molar-refractivity contribution in [1.29, 1.82) is 0 Å². The maximum Gasteiger partial charge on any atom is 0.332 e. The van der Waals surface area contributed by atoms with Gasteiger partial charge in [0.05, 0.1) is 12.7 Å². The van der Waals surface area contributed by atoms with Crippen molar-refractivity contribution in [1.82, 2.24) is 18.7 Å². The highest BCUT2D eigenvalue weighted by atomic mass is 19.1. The fourth-order valence-electron chi connectivity index (χ4n) is 5.57. The molecular weight excluding hydrogens is 563 g/mol. The average Bonchev–Trinajstić information content (AvgIpc) is 3.34. The largest absolute Gasteiger partial charge is 0.491 e. The summed E-state index contributed by atoms with van der Waals surface area (Å²) in [5.74, 6) is 0.750. The first-order valence-corrected chi connectivity index (χ1v) is 15.7. The summed E-state index contributed by atoms with van der Waals surface area (Å²) in [5.41, 5.74) is 2.35. The van der Waals surface area contributed by atoms with Crippen molar-refractivity contribution in [2.45, 2.75) is 97.7 Å². The lowest BCUT2D eigenvalue weighted by Gasteiger charge is -2.26. The molecule has 0 bridgehead atoms. The summed E-state index contributed by atoms with van der Waals surface area (Å²) in [4.78, 5) is 32.6. The third-order valence-electron chi connectivity index (χ3n) is 8.24. The van der Waals surface area contributed by atoms with E-state index >= 15 is 0 Å². The minimum Gasteiger partial charge on any atom is -0.491 e. The van der Waals surface area contributed by atoms with Crippen LogP contribution in [0.5, 0.6) is 0 Å². The minimum absolute atomic E-state index is 0.198. The lowest BCUT2D eigenvalue weighted by atomic mass is 9.96. The van der Waals surface area contributed by atoms with Gasteiger partial charge >= 0.3 is 5.69 Å². The fourth-order valence-corrected chi connectivity index (χ4v) is 5.57. The third-order valence-corrected chi connectivity index (χ3v) is 8.24. The molecule has 3 aromatic rings. The molecule has 2 fully saturated rings. The molecular formula is C34H43FN4O5. The summed E-state index contributed by atoms with van der Waals surface area (Å²) in [7, 11) is 0. The number of fused-ring (bicyclic) bond motifs is 1. The lowest BCUT2D eigenvalue weighted by molar-refractivity contribution is -0.163. The first-order chi connectivity index (χ1) is 21.3. The number of imidazole rings is 1. The Labute approximate surface area is 257 Å². The van der Waals surface area contributed by atoms with Gasteiger partial charge in [-0.2, -0.15) is 0 Å². The van der Waals surface area contributed by atoms with Gasteiger partial charge in [0, 0.05) is 31.8 Å². The molecule has 0 radical (unpaired) electrons. The van der Waals surface area contributed by atoms with E-state index in [2.05, 4.69) is 6.58 Å². The van der Waals surface area contributed by atoms with Crippen molar-refractivity contribution < 1.29 is 18.6 Å². The highest BCUT2D eigenvalue weighted by molar-refractivity contribution is 5.81. The molecule has 5 rings (SSSR count). The number of allylic oxidation sites excluding steroid dienone is 4. The van der Waals surface area contributed by atoms with Gasteiger partial charge in [-0.05, 0) is 95.6 Å². The van der Waals surface area contributed by atoms with Crippen molar-refractivity contribution in [3.63, 3.8) is 0 Å². The second kappa shape index (κ2) is 14.3. The van der Waals surface area contributed by atoms with Gasteiger partial charge in [-0.1, -0.05) is 24.3 Å². The van der Waals surface area contributed by atoms with Gasteiger partial charge in [-0.25, -0.2) is 14.2 Å². The maximum atomic E-state index is 14.1. The van der Waals surface area contributed by atoms with Crippen LogP contribution in [0.1, 0.15) is 77.1 Å². The number of rotatable bonds is 13. The first kappa shape index (κ1) is 31.7. The molecule has 1 aliphatic carbocycles. The van der Waals surface area contributed by atoms with E-state index in [1.807, 2.05) is 37.5 Å². The number of hydrogen-bond acceptors (Lipinski definition) is 6. The van der Waals surface area contributed by atoms with Crippen LogP contribution in [0.2, 0.25) is 0 Å². The minimum atomic E-state index is -0.417. The highest BCUT2D eigenvalue weighted by Crippen LogP contribution is 2.27. The molecule has 1 atom stereocenters. The zero-order valence-electron chi connectivity index (χ0n) is 26.0. The van der Waals surface area contributed by atoms with Crippen molar-refractivity contribution in [3.05, 3.63) is 92.4 Å². The second-order valence-corrected chi connectivity index (χ2v) is 11.7. The Hall–Kier alpha value is -3.76. The predicted molar refractivity (Wildman–Crippen MR) is 169 cm³/mol. The Kier molecular flexibility index (Phi) is 10.3. The molecule has 0 amide bonds. The molecule has 0 N–H and O–H groups in total. The van der Waals surface area contributed by atoms with Crippen LogP contribution >= 0.6 is 0 Å². The van der Waals surface area contributed by atoms with Gasteiger partial charge in [0.25, 0.3) is 5.56 Å². The topological polar surface area (TPSA) is 89.5 Å². The van der Waals surface area contributed by atoms with Crippen molar-refractivity contribution >= 4 is 16.7 Å². The highest BCUT2D eigenvalue weighted by Gasteiger charge is 2.24. The molecule has 2 aliphatic rings. The van der Waals surface area contributed by atoms with E-state index < -0.39 is 11.2 Å². The summed E-state index contributed by atoms with van der Waals surface area (Å²) < 4.78 is 35.9. The monoisotopic (exact) mass is 606 g/mol. The SMILES string of the molecule is C=C(/C=C\C(=C(C)C)c1nc2c(c(=O)n(CCCOC3CCCCO3)c(=O)n2CC)n1Cc1ccc(F)cc1)OC1CCC1. The quantitative estimate of drug-likeness (QED) is 0.136. The van der Waals surface area contributed by atoms with Gasteiger partial charge in [0.15, 0.2) is 17.5 Å². The number of hydrogen-bond donors (Lipinski definition) is 0. The number of ether oxygens (including phenoxy) is 3. The van der Waals surface area contributed by atoms with Crippen LogP contribution in [0.15, 0.2) is 63.9 Å². The van der Waals surface area contributed by atoms with Crippen LogP contribution in [0.3, 0.4) is 0 Å². The molecule has 2 aromatic heterocycles. The Bertz CT molecular complexity index is 1650. The number of benzene rings is 1. The number of halogens is 1. The van der Waals surface area contributed by atoms with E-state index in [1.165, 1.54) is 21.3 Å². The van der Waals surface area contributed by atoms with E-state index in [1.54, 1.807) is 12.1 Å². The van der Waals surface area contributed by atoms with Crippen molar-refractivity contribution in [3.8, 4) is 0 Å².